The van der Waals surface area contributed by atoms with Crippen molar-refractivity contribution >= 4 is 39.4 Å². The summed E-state index contributed by atoms with van der Waals surface area (Å²) in [6.07, 6.45) is 1.66. The van der Waals surface area contributed by atoms with E-state index >= 15 is 0 Å². The van der Waals surface area contributed by atoms with Crippen molar-refractivity contribution < 1.29 is 13.9 Å². The zero-order chi connectivity index (χ0) is 19.0. The van der Waals surface area contributed by atoms with Gasteiger partial charge in [-0.15, -0.1) is 0 Å². The zero-order valence-electron chi connectivity index (χ0n) is 13.8. The molecule has 1 unspecified atom stereocenters. The molecular formula is C18H13BrClFN4O2. The van der Waals surface area contributed by atoms with Crippen molar-refractivity contribution in [3.8, 4) is 5.75 Å². The number of carbonyl (C=O) groups is 1. The molecule has 9 heteroatoms. The van der Waals surface area contributed by atoms with Gasteiger partial charge in [-0.3, -0.25) is 10.1 Å². The quantitative estimate of drug-likeness (QED) is 0.640. The lowest BCUT2D eigenvalue weighted by Crippen LogP contribution is -2.29. The van der Waals surface area contributed by atoms with Crippen LogP contribution in [0.3, 0.4) is 0 Å². The highest BCUT2D eigenvalue weighted by molar-refractivity contribution is 9.10. The summed E-state index contributed by atoms with van der Waals surface area (Å²) in [7, 11) is 0. The molecule has 4 rings (SSSR count). The van der Waals surface area contributed by atoms with Crippen molar-refractivity contribution in [2.45, 2.75) is 19.1 Å². The molecule has 0 bridgehead atoms. The Morgan fingerprint density at radius 2 is 2.22 bits per heavy atom. The number of ether oxygens (including phenoxy) is 1. The van der Waals surface area contributed by atoms with Gasteiger partial charge in [0, 0.05) is 5.56 Å². The van der Waals surface area contributed by atoms with E-state index in [0.717, 1.165) is 5.56 Å². The largest absolute Gasteiger partial charge is 0.488 e. The van der Waals surface area contributed by atoms with Crippen LogP contribution in [-0.4, -0.2) is 20.7 Å². The number of halogens is 3. The number of anilines is 1. The van der Waals surface area contributed by atoms with Gasteiger partial charge < -0.3 is 4.74 Å². The van der Waals surface area contributed by atoms with Crippen LogP contribution >= 0.6 is 27.5 Å². The van der Waals surface area contributed by atoms with Crippen LogP contribution in [-0.2, 0) is 11.4 Å². The normalized spacial score (nSPS) is 16.0. The van der Waals surface area contributed by atoms with Crippen LogP contribution in [0.15, 0.2) is 47.2 Å². The maximum Gasteiger partial charge on any atom is 0.229 e. The van der Waals surface area contributed by atoms with E-state index in [2.05, 4.69) is 31.3 Å². The van der Waals surface area contributed by atoms with E-state index in [1.807, 2.05) is 12.1 Å². The zero-order valence-corrected chi connectivity index (χ0v) is 16.2. The minimum absolute atomic E-state index is 0.00249. The number of benzene rings is 2. The number of hydrogen-bond donors (Lipinski definition) is 1. The summed E-state index contributed by atoms with van der Waals surface area (Å²) in [5, 5.41) is 7.18. The Bertz CT molecular complexity index is 1010. The molecule has 1 atom stereocenters. The summed E-state index contributed by atoms with van der Waals surface area (Å²) in [6.45, 7) is 0.00249. The third-order valence-corrected chi connectivity index (χ3v) is 5.25. The van der Waals surface area contributed by atoms with Crippen LogP contribution in [0.1, 0.15) is 23.6 Å². The second-order valence-electron chi connectivity index (χ2n) is 5.98. The molecular weight excluding hydrogens is 439 g/mol. The van der Waals surface area contributed by atoms with E-state index in [-0.39, 0.29) is 25.0 Å². The standard InChI is InChI=1S/C18H13BrClFN4O2/c19-12-6-10(15-7-17(26)24-18-22-9-23-25(15)18)4-5-16(12)27-8-11-13(20)2-1-3-14(11)21/h1-6,9,15H,7-8H2,(H,22,23,24,26). The number of carbonyl (C=O) groups excluding carboxylic acids is 1. The molecule has 1 aromatic heterocycles. The first kappa shape index (κ1) is 17.9. The Morgan fingerprint density at radius 3 is 3.00 bits per heavy atom. The summed E-state index contributed by atoms with van der Waals surface area (Å²) >= 11 is 9.50. The highest BCUT2D eigenvalue weighted by atomic mass is 79.9. The molecule has 1 aliphatic rings. The van der Waals surface area contributed by atoms with E-state index in [0.29, 0.717) is 26.8 Å². The molecule has 27 heavy (non-hydrogen) atoms. The van der Waals surface area contributed by atoms with Crippen molar-refractivity contribution in [1.29, 1.82) is 0 Å². The van der Waals surface area contributed by atoms with Gasteiger partial charge in [-0.2, -0.15) is 10.1 Å². The first-order valence-corrected chi connectivity index (χ1v) is 9.24. The van der Waals surface area contributed by atoms with Gasteiger partial charge in [0.1, 0.15) is 24.5 Å². The van der Waals surface area contributed by atoms with Gasteiger partial charge in [0.15, 0.2) is 0 Å². The molecule has 6 nitrogen and oxygen atoms in total. The maximum atomic E-state index is 13.9. The average molecular weight is 452 g/mol. The molecule has 2 aromatic carbocycles. The summed E-state index contributed by atoms with van der Waals surface area (Å²) in [6, 6.07) is 9.70. The molecule has 0 saturated heterocycles. The molecule has 2 heterocycles. The van der Waals surface area contributed by atoms with Crippen LogP contribution in [0.25, 0.3) is 0 Å². The SMILES string of the molecule is O=C1CC(c2ccc(OCc3c(F)cccc3Cl)c(Br)c2)n2ncnc2N1. The van der Waals surface area contributed by atoms with E-state index in [1.165, 1.54) is 12.4 Å². The van der Waals surface area contributed by atoms with Gasteiger partial charge in [0.2, 0.25) is 11.9 Å². The minimum atomic E-state index is -0.415. The third kappa shape index (κ3) is 3.54. The van der Waals surface area contributed by atoms with E-state index in [1.54, 1.807) is 22.9 Å². The fourth-order valence-electron chi connectivity index (χ4n) is 2.93. The number of rotatable bonds is 4. The lowest BCUT2D eigenvalue weighted by Gasteiger charge is -2.24. The van der Waals surface area contributed by atoms with Gasteiger partial charge in [-0.05, 0) is 45.8 Å². The Balaban J connectivity index is 1.56. The van der Waals surface area contributed by atoms with Crippen molar-refractivity contribution in [1.82, 2.24) is 14.8 Å². The van der Waals surface area contributed by atoms with Gasteiger partial charge in [0.25, 0.3) is 0 Å². The molecule has 0 radical (unpaired) electrons. The summed E-state index contributed by atoms with van der Waals surface area (Å²) in [4.78, 5) is 15.9. The van der Waals surface area contributed by atoms with E-state index in [4.69, 9.17) is 16.3 Å². The smallest absolute Gasteiger partial charge is 0.229 e. The predicted molar refractivity (Wildman–Crippen MR) is 101 cm³/mol. The number of nitrogens with zero attached hydrogens (tertiary/aromatic N) is 3. The molecule has 1 N–H and O–H groups in total. The van der Waals surface area contributed by atoms with Crippen molar-refractivity contribution in [2.75, 3.05) is 5.32 Å². The van der Waals surface area contributed by atoms with Crippen LogP contribution < -0.4 is 10.1 Å². The van der Waals surface area contributed by atoms with Gasteiger partial charge >= 0.3 is 0 Å². The molecule has 0 fully saturated rings. The minimum Gasteiger partial charge on any atom is -0.488 e. The van der Waals surface area contributed by atoms with Crippen LogP contribution in [0.4, 0.5) is 10.3 Å². The van der Waals surface area contributed by atoms with Crippen LogP contribution in [0.2, 0.25) is 5.02 Å². The lowest BCUT2D eigenvalue weighted by atomic mass is 10.0. The van der Waals surface area contributed by atoms with Crippen LogP contribution in [0, 0.1) is 5.82 Å². The molecule has 0 saturated carbocycles. The van der Waals surface area contributed by atoms with Crippen LogP contribution in [0.5, 0.6) is 5.75 Å². The molecule has 0 aliphatic carbocycles. The molecule has 1 aliphatic heterocycles. The first-order chi connectivity index (χ1) is 13.0. The van der Waals surface area contributed by atoms with Crippen molar-refractivity contribution in [3.63, 3.8) is 0 Å². The third-order valence-electron chi connectivity index (χ3n) is 4.27. The molecule has 138 valence electrons. The Hall–Kier alpha value is -2.45. The number of amides is 1. The molecule has 1 amide bonds. The second kappa shape index (κ2) is 7.28. The number of hydrogen-bond acceptors (Lipinski definition) is 4. The Labute approximate surface area is 167 Å². The summed E-state index contributed by atoms with van der Waals surface area (Å²) < 4.78 is 21.9. The summed E-state index contributed by atoms with van der Waals surface area (Å²) in [5.41, 5.74) is 1.17. The number of aromatic nitrogens is 3. The Kier molecular flexibility index (Phi) is 4.84. The van der Waals surface area contributed by atoms with E-state index in [9.17, 15) is 9.18 Å². The van der Waals surface area contributed by atoms with Crippen molar-refractivity contribution in [2.24, 2.45) is 0 Å². The molecule has 0 spiro atoms. The molecule has 3 aromatic rings. The predicted octanol–water partition coefficient (Wildman–Crippen LogP) is 4.34. The Morgan fingerprint density at radius 1 is 1.37 bits per heavy atom. The maximum absolute atomic E-state index is 13.9. The monoisotopic (exact) mass is 450 g/mol. The van der Waals surface area contributed by atoms with Crippen molar-refractivity contribution in [3.05, 3.63) is 69.2 Å². The fourth-order valence-corrected chi connectivity index (χ4v) is 3.65. The summed E-state index contributed by atoms with van der Waals surface area (Å²) in [5.74, 6) is 0.423. The van der Waals surface area contributed by atoms with Gasteiger partial charge in [-0.25, -0.2) is 9.07 Å². The average Bonchev–Trinajstić information content (AvgIpc) is 3.10. The highest BCUT2D eigenvalue weighted by Crippen LogP contribution is 2.34. The van der Waals surface area contributed by atoms with Gasteiger partial charge in [0.05, 0.1) is 22.0 Å². The first-order valence-electron chi connectivity index (χ1n) is 8.07. The highest BCUT2D eigenvalue weighted by Gasteiger charge is 2.28. The fraction of sp³-hybridized carbons (Fsp3) is 0.167. The topological polar surface area (TPSA) is 69.0 Å². The second-order valence-corrected chi connectivity index (χ2v) is 7.24. The van der Waals surface area contributed by atoms with Gasteiger partial charge in [-0.1, -0.05) is 23.7 Å². The number of fused-ring (bicyclic) bond motifs is 1. The number of nitrogens with one attached hydrogen (secondary N) is 1. The lowest BCUT2D eigenvalue weighted by molar-refractivity contribution is -0.117. The van der Waals surface area contributed by atoms with E-state index < -0.39 is 5.82 Å².